The summed E-state index contributed by atoms with van der Waals surface area (Å²) < 4.78 is 104. The first-order chi connectivity index (χ1) is 55.9. The predicted octanol–water partition coefficient (Wildman–Crippen LogP) is -2.39. The lowest BCUT2D eigenvalue weighted by Gasteiger charge is -2.45. The van der Waals surface area contributed by atoms with Gasteiger partial charge in [-0.15, -0.1) is 5.10 Å². The SMILES string of the molecule is CCC(=O)NCCOCCOCCOCCOCCOCCOCCOCCOCCn1cc(CNC(=O)CCCCCO[C@H]2C(COC3OC(COC4OC(CO)C(O)C(O)C4O)[C@H](OCCCCCC(=O)NCCOCCOCCCC(=O)C4CCC(CN5C(=O)CC(SC)C5=O)CC4)C(O)C3O)OC(OC)C(O)C2O)nn1. The van der Waals surface area contributed by atoms with Gasteiger partial charge in [0.15, 0.2) is 18.9 Å². The van der Waals surface area contributed by atoms with E-state index in [1.807, 2.05) is 6.26 Å². The first kappa shape index (κ1) is 99.5. The van der Waals surface area contributed by atoms with E-state index in [1.165, 1.54) is 23.8 Å². The van der Waals surface area contributed by atoms with Crippen molar-refractivity contribution in [1.82, 2.24) is 35.8 Å². The van der Waals surface area contributed by atoms with E-state index in [0.29, 0.717) is 209 Å². The van der Waals surface area contributed by atoms with Crippen molar-refractivity contribution in [3.8, 4) is 0 Å². The van der Waals surface area contributed by atoms with Crippen LogP contribution in [0.5, 0.6) is 0 Å². The number of hydrogen-bond donors (Lipinski definition) is 11. The van der Waals surface area contributed by atoms with Gasteiger partial charge in [-0.25, -0.2) is 4.68 Å². The van der Waals surface area contributed by atoms with Crippen LogP contribution in [0, 0.1) is 11.8 Å². The molecule has 1 aliphatic carbocycles. The minimum atomic E-state index is -1.78. The number of likely N-dealkylation sites (tertiary alicyclic amines) is 1. The van der Waals surface area contributed by atoms with Crippen LogP contribution in [0.4, 0.5) is 0 Å². The highest BCUT2D eigenvalue weighted by Crippen LogP contribution is 2.34. The van der Waals surface area contributed by atoms with Crippen molar-refractivity contribution in [2.45, 2.75) is 220 Å². The largest absolute Gasteiger partial charge is 0.394 e. The van der Waals surface area contributed by atoms with E-state index in [1.54, 1.807) is 17.8 Å². The van der Waals surface area contributed by atoms with Crippen LogP contribution in [-0.4, -0.2) is 392 Å². The normalized spacial score (nSPS) is 27.2. The molecule has 5 amide bonds. The molecule has 4 saturated heterocycles. The number of aliphatic hydroxyl groups is 8. The Morgan fingerprint density at radius 1 is 0.496 bits per heavy atom. The van der Waals surface area contributed by atoms with E-state index in [2.05, 4.69) is 26.3 Å². The van der Waals surface area contributed by atoms with Crippen LogP contribution >= 0.6 is 11.8 Å². The molecular formula is C75H131N7O32S. The fourth-order valence-electron chi connectivity index (χ4n) is 13.1. The highest BCUT2D eigenvalue weighted by molar-refractivity contribution is 8.00. The fraction of sp³-hybridized carbons (Fsp3) is 0.893. The molecule has 1 aromatic rings. The highest BCUT2D eigenvalue weighted by Gasteiger charge is 2.51. The molecular weight excluding hydrogens is 1540 g/mol. The third kappa shape index (κ3) is 38.1. The standard InChI is InChI=1S/C75H131N7O32S/c1-4-59(85)76-19-25-99-30-32-102-34-36-104-38-40-106-42-43-107-41-39-105-37-35-103-33-31-101-27-21-81-47-53(79-80-81)45-78-61(87)14-8-6-10-23-108-70-56(113-73(97-2)68(94)65(70)91)49-111-75-69(95)66(92)71(57(114-75)50-110-74-67(93)64(90)63(89)55(48-83)112-74)109-24-9-5-7-13-60(86)77-20-26-100-29-28-98-22-11-12-54(84)52-17-15-51(16-18-52)46-82-62(88)44-58(115-3)72(82)96/h47,51-52,55-58,63-71,73-75,83,89-95H,4-46,48-50H2,1-3H3,(H,76,85)(H,77,86)(H,78,87)/t51?,52?,55?,56?,57?,58?,63?,64?,65?,66?,67?,68?,69?,70-,71-,73?,74?,75?/m0/s1. The minimum absolute atomic E-state index is 0.000514. The molecule has 1 aromatic heterocycles. The van der Waals surface area contributed by atoms with Crippen LogP contribution < -0.4 is 16.0 Å². The van der Waals surface area contributed by atoms with Crippen molar-refractivity contribution in [2.75, 3.05) is 198 Å². The number of carbonyl (C=O) groups is 6. The van der Waals surface area contributed by atoms with Crippen LogP contribution in [0.1, 0.15) is 115 Å². The second-order valence-electron chi connectivity index (χ2n) is 28.4. The third-order valence-corrected chi connectivity index (χ3v) is 20.8. The predicted molar refractivity (Wildman–Crippen MR) is 405 cm³/mol. The van der Waals surface area contributed by atoms with E-state index in [4.69, 9.17) is 85.3 Å². The van der Waals surface area contributed by atoms with E-state index in [9.17, 15) is 69.6 Å². The van der Waals surface area contributed by atoms with E-state index in [0.717, 1.165) is 25.7 Å². The number of nitrogens with zero attached hydrogens (tertiary/aromatic N) is 4. The van der Waals surface area contributed by atoms with Crippen molar-refractivity contribution >= 4 is 47.1 Å². The van der Waals surface area contributed by atoms with Gasteiger partial charge in [-0.3, -0.25) is 33.7 Å². The average Bonchev–Trinajstić information content (AvgIpc) is 1.72. The first-order valence-corrected chi connectivity index (χ1v) is 41.9. The van der Waals surface area contributed by atoms with Gasteiger partial charge in [-0.05, 0) is 70.0 Å². The van der Waals surface area contributed by atoms with Gasteiger partial charge in [0.05, 0.1) is 170 Å². The Kier molecular flexibility index (Phi) is 51.4. The number of carbonyl (C=O) groups excluding carboxylic acids is 6. The lowest BCUT2D eigenvalue weighted by molar-refractivity contribution is -0.345. The summed E-state index contributed by atoms with van der Waals surface area (Å²) in [5, 5.41) is 103. The topological polar surface area (TPSA) is 500 Å². The molecule has 39 nitrogen and oxygen atoms in total. The van der Waals surface area contributed by atoms with Gasteiger partial charge in [0.25, 0.3) is 0 Å². The number of rotatable bonds is 66. The number of aromatic nitrogens is 3. The Hall–Kier alpha value is -4.33. The highest BCUT2D eigenvalue weighted by atomic mass is 32.2. The quantitative estimate of drug-likeness (QED) is 0.0239. The number of ketones is 1. The number of hydrogen-bond acceptors (Lipinski definition) is 35. The molecule has 0 bridgehead atoms. The summed E-state index contributed by atoms with van der Waals surface area (Å²) in [7, 11) is 1.26. The van der Waals surface area contributed by atoms with Gasteiger partial charge in [-0.2, -0.15) is 11.8 Å². The summed E-state index contributed by atoms with van der Waals surface area (Å²) in [5.41, 5.74) is 0.561. The molecule has 5 heterocycles. The molecule has 40 heteroatoms. The van der Waals surface area contributed by atoms with Gasteiger partial charge in [-0.1, -0.05) is 25.0 Å². The zero-order chi connectivity index (χ0) is 82.8. The average molecular weight is 1670 g/mol. The monoisotopic (exact) mass is 1670 g/mol. The second-order valence-corrected chi connectivity index (χ2v) is 29.5. The number of thioether (sulfide) groups is 1. The molecule has 11 N–H and O–H groups in total. The molecule has 115 heavy (non-hydrogen) atoms. The summed E-state index contributed by atoms with van der Waals surface area (Å²) in [6.07, 6.45) is -10.8. The Morgan fingerprint density at radius 3 is 1.43 bits per heavy atom. The molecule has 1 saturated carbocycles. The van der Waals surface area contributed by atoms with E-state index < -0.39 is 112 Å². The maximum absolute atomic E-state index is 12.9. The maximum Gasteiger partial charge on any atom is 0.242 e. The number of methoxy groups -OCH3 is 1. The maximum atomic E-state index is 12.9. The minimum Gasteiger partial charge on any atom is -0.394 e. The number of ether oxygens (including phenoxy) is 18. The second kappa shape index (κ2) is 59.4. The third-order valence-electron chi connectivity index (χ3n) is 19.8. The number of unbranched alkanes of at least 4 members (excludes halogenated alkanes) is 4. The lowest BCUT2D eigenvalue weighted by Crippen LogP contribution is -2.63. The Labute approximate surface area is 677 Å². The first-order valence-electron chi connectivity index (χ1n) is 40.6. The molecule has 0 spiro atoms. The lowest BCUT2D eigenvalue weighted by atomic mass is 9.79. The van der Waals surface area contributed by atoms with E-state index in [-0.39, 0.29) is 105 Å². The van der Waals surface area contributed by atoms with Gasteiger partial charge >= 0.3 is 0 Å². The molecule has 6 rings (SSSR count). The molecule has 14 unspecified atom stereocenters. The number of amides is 5. The van der Waals surface area contributed by atoms with Crippen LogP contribution in [0.25, 0.3) is 0 Å². The summed E-state index contributed by atoms with van der Waals surface area (Å²) >= 11 is 1.41. The molecule has 664 valence electrons. The zero-order valence-corrected chi connectivity index (χ0v) is 67.9. The van der Waals surface area contributed by atoms with Crippen LogP contribution in [0.15, 0.2) is 6.20 Å². The van der Waals surface area contributed by atoms with Gasteiger partial charge in [0.1, 0.15) is 84.7 Å². The molecule has 5 fully saturated rings. The van der Waals surface area contributed by atoms with Gasteiger partial charge in [0, 0.05) is 84.6 Å². The number of Topliss-reactive ketones (excluding diaryl/α,β-unsaturated/α-hetero) is 1. The number of imide groups is 1. The Morgan fingerprint density at radius 2 is 0.948 bits per heavy atom. The number of aliphatic hydroxyl groups excluding tert-OH is 8. The van der Waals surface area contributed by atoms with Gasteiger partial charge < -0.3 is 142 Å². The van der Waals surface area contributed by atoms with Crippen LogP contribution in [0.3, 0.4) is 0 Å². The number of nitrogens with one attached hydrogen (secondary N) is 3. The molecule has 4 aliphatic heterocycles. The summed E-state index contributed by atoms with van der Waals surface area (Å²) in [6, 6.07) is 0. The van der Waals surface area contributed by atoms with Crippen LogP contribution in [-0.2, 0) is 127 Å². The van der Waals surface area contributed by atoms with Crippen molar-refractivity contribution < 1.29 is 155 Å². The fourth-order valence-corrected chi connectivity index (χ4v) is 13.8. The molecule has 16 atom stereocenters. The summed E-state index contributed by atoms with van der Waals surface area (Å²) in [6.45, 7) is 10.1. The summed E-state index contributed by atoms with van der Waals surface area (Å²) in [5.74, 6) is -0.166. The van der Waals surface area contributed by atoms with Gasteiger partial charge in [0.2, 0.25) is 29.5 Å². The molecule has 5 aliphatic rings. The smallest absolute Gasteiger partial charge is 0.242 e. The summed E-state index contributed by atoms with van der Waals surface area (Å²) in [4.78, 5) is 75.8. The zero-order valence-electron chi connectivity index (χ0n) is 67.1. The van der Waals surface area contributed by atoms with E-state index >= 15 is 0 Å². The van der Waals surface area contributed by atoms with Crippen molar-refractivity contribution in [2.24, 2.45) is 11.8 Å². The molecule has 0 radical (unpaired) electrons. The van der Waals surface area contributed by atoms with Crippen molar-refractivity contribution in [3.05, 3.63) is 11.9 Å². The van der Waals surface area contributed by atoms with Crippen molar-refractivity contribution in [1.29, 1.82) is 0 Å². The Balaban J connectivity index is 0.780. The van der Waals surface area contributed by atoms with Crippen LogP contribution in [0.2, 0.25) is 0 Å². The Bertz CT molecular complexity index is 2790. The van der Waals surface area contributed by atoms with Crippen molar-refractivity contribution in [3.63, 3.8) is 0 Å². The molecule has 0 aromatic carbocycles.